The molecule has 2 rings (SSSR count). The third-order valence-corrected chi connectivity index (χ3v) is 10.2. The average Bonchev–Trinajstić information content (AvgIpc) is 2.66. The normalized spacial score (nSPS) is 11.5. The molecular formula is C22H31ClO2Si. The standard InChI is InChI=1S/C22H31ClO2Si/c1-6-26(7-2,8-3)25-21-13-12-19(15-23)20(14-21)16-24-22-17(4)10-9-11-18(22)5/h9-14H,6-8,15-16H2,1-5H3. The topological polar surface area (TPSA) is 18.5 Å². The lowest BCUT2D eigenvalue weighted by Gasteiger charge is -2.29. The molecule has 0 aliphatic carbocycles. The highest BCUT2D eigenvalue weighted by Crippen LogP contribution is 2.29. The van der Waals surface area contributed by atoms with E-state index in [1.807, 2.05) is 0 Å². The van der Waals surface area contributed by atoms with Crippen molar-refractivity contribution in [3.8, 4) is 11.5 Å². The van der Waals surface area contributed by atoms with Crippen LogP contribution in [0.4, 0.5) is 0 Å². The van der Waals surface area contributed by atoms with Crippen molar-refractivity contribution in [3.05, 3.63) is 58.7 Å². The molecule has 2 aromatic carbocycles. The smallest absolute Gasteiger partial charge is 0.250 e. The molecule has 2 nitrogen and oxygen atoms in total. The first-order valence-electron chi connectivity index (χ1n) is 9.54. The van der Waals surface area contributed by atoms with Crippen molar-refractivity contribution in [2.45, 2.75) is 65.2 Å². The molecule has 0 bridgehead atoms. The van der Waals surface area contributed by atoms with Crippen LogP contribution >= 0.6 is 11.6 Å². The minimum atomic E-state index is -1.69. The van der Waals surface area contributed by atoms with E-state index in [1.165, 1.54) is 0 Å². The summed E-state index contributed by atoms with van der Waals surface area (Å²) in [5.41, 5.74) is 4.51. The number of halogens is 1. The Balaban J connectivity index is 2.24. The summed E-state index contributed by atoms with van der Waals surface area (Å²) in [7, 11) is -1.69. The quantitative estimate of drug-likeness (QED) is 0.338. The fraction of sp³-hybridized carbons (Fsp3) is 0.455. The van der Waals surface area contributed by atoms with Crippen LogP contribution in [0.5, 0.6) is 11.5 Å². The van der Waals surface area contributed by atoms with E-state index in [2.05, 4.69) is 71.0 Å². The van der Waals surface area contributed by atoms with Crippen LogP contribution in [-0.4, -0.2) is 8.32 Å². The number of hydrogen-bond acceptors (Lipinski definition) is 2. The molecule has 142 valence electrons. The van der Waals surface area contributed by atoms with Gasteiger partial charge in [0.1, 0.15) is 18.1 Å². The van der Waals surface area contributed by atoms with Crippen molar-refractivity contribution < 1.29 is 9.16 Å². The van der Waals surface area contributed by atoms with Crippen molar-refractivity contribution in [3.63, 3.8) is 0 Å². The van der Waals surface area contributed by atoms with Crippen LogP contribution in [0.15, 0.2) is 36.4 Å². The zero-order chi connectivity index (χ0) is 19.2. The van der Waals surface area contributed by atoms with Crippen molar-refractivity contribution in [1.29, 1.82) is 0 Å². The Morgan fingerprint density at radius 3 is 2.04 bits per heavy atom. The van der Waals surface area contributed by atoms with E-state index in [1.54, 1.807) is 0 Å². The van der Waals surface area contributed by atoms with Gasteiger partial charge < -0.3 is 9.16 Å². The summed E-state index contributed by atoms with van der Waals surface area (Å²) in [5.74, 6) is 2.39. The molecule has 0 heterocycles. The Morgan fingerprint density at radius 1 is 0.885 bits per heavy atom. The van der Waals surface area contributed by atoms with Gasteiger partial charge in [0.05, 0.1) is 0 Å². The van der Waals surface area contributed by atoms with E-state index in [-0.39, 0.29) is 0 Å². The SMILES string of the molecule is CC[Si](CC)(CC)Oc1ccc(CCl)c(COc2c(C)cccc2C)c1. The molecule has 0 radical (unpaired) electrons. The fourth-order valence-corrected chi connectivity index (χ4v) is 6.14. The van der Waals surface area contributed by atoms with E-state index in [0.29, 0.717) is 12.5 Å². The predicted molar refractivity (Wildman–Crippen MR) is 114 cm³/mol. The maximum absolute atomic E-state index is 6.53. The first kappa shape index (κ1) is 20.9. The first-order valence-corrected chi connectivity index (χ1v) is 12.6. The molecule has 0 unspecified atom stereocenters. The molecule has 26 heavy (non-hydrogen) atoms. The molecule has 0 N–H and O–H groups in total. The highest BCUT2D eigenvalue weighted by Gasteiger charge is 2.30. The molecule has 2 aromatic rings. The van der Waals surface area contributed by atoms with Gasteiger partial charge >= 0.3 is 0 Å². The minimum absolute atomic E-state index is 0.476. The first-order chi connectivity index (χ1) is 12.5. The molecule has 0 saturated carbocycles. The van der Waals surface area contributed by atoms with E-state index in [0.717, 1.165) is 51.9 Å². The Bertz CT molecular complexity index is 698. The second-order valence-electron chi connectivity index (χ2n) is 6.92. The van der Waals surface area contributed by atoms with E-state index >= 15 is 0 Å². The van der Waals surface area contributed by atoms with Crippen molar-refractivity contribution in [2.75, 3.05) is 0 Å². The van der Waals surface area contributed by atoms with Gasteiger partial charge in [-0.25, -0.2) is 0 Å². The van der Waals surface area contributed by atoms with E-state index in [4.69, 9.17) is 20.8 Å². The van der Waals surface area contributed by atoms with Crippen LogP contribution in [0, 0.1) is 13.8 Å². The van der Waals surface area contributed by atoms with Crippen molar-refractivity contribution in [1.82, 2.24) is 0 Å². The van der Waals surface area contributed by atoms with Gasteiger partial charge in [-0.1, -0.05) is 45.0 Å². The monoisotopic (exact) mass is 390 g/mol. The van der Waals surface area contributed by atoms with Crippen LogP contribution in [0.1, 0.15) is 43.0 Å². The van der Waals surface area contributed by atoms with E-state index < -0.39 is 8.32 Å². The molecule has 0 atom stereocenters. The Morgan fingerprint density at radius 2 is 1.50 bits per heavy atom. The number of rotatable bonds is 9. The second-order valence-corrected chi connectivity index (χ2v) is 11.9. The molecular weight excluding hydrogens is 360 g/mol. The van der Waals surface area contributed by atoms with Gasteiger partial charge in [-0.05, 0) is 66.4 Å². The summed E-state index contributed by atoms with van der Waals surface area (Å²) in [6.07, 6.45) is 0. The molecule has 0 fully saturated rings. The number of ether oxygens (including phenoxy) is 1. The van der Waals surface area contributed by atoms with Gasteiger partial charge in [0.15, 0.2) is 0 Å². The Kier molecular flexibility index (Phi) is 7.60. The van der Waals surface area contributed by atoms with Crippen LogP contribution in [0.3, 0.4) is 0 Å². The van der Waals surface area contributed by atoms with Crippen LogP contribution in [0.25, 0.3) is 0 Å². The summed E-state index contributed by atoms with van der Waals surface area (Å²) in [5, 5.41) is 0. The minimum Gasteiger partial charge on any atom is -0.543 e. The van der Waals surface area contributed by atoms with Gasteiger partial charge in [-0.3, -0.25) is 0 Å². The number of aryl methyl sites for hydroxylation is 2. The number of alkyl halides is 1. The highest BCUT2D eigenvalue weighted by molar-refractivity contribution is 6.74. The summed E-state index contributed by atoms with van der Waals surface area (Å²) in [6, 6.07) is 15.9. The Hall–Kier alpha value is -1.45. The van der Waals surface area contributed by atoms with E-state index in [9.17, 15) is 0 Å². The Labute approximate surface area is 164 Å². The van der Waals surface area contributed by atoms with Crippen LogP contribution in [0.2, 0.25) is 18.1 Å². The van der Waals surface area contributed by atoms with Gasteiger partial charge in [0.2, 0.25) is 8.32 Å². The summed E-state index contributed by atoms with van der Waals surface area (Å²) in [4.78, 5) is 0. The molecule has 0 spiro atoms. The summed E-state index contributed by atoms with van der Waals surface area (Å²) in [6.45, 7) is 11.4. The van der Waals surface area contributed by atoms with Gasteiger partial charge in [0, 0.05) is 5.88 Å². The lowest BCUT2D eigenvalue weighted by molar-refractivity contribution is 0.300. The van der Waals surface area contributed by atoms with Gasteiger partial charge in [-0.15, -0.1) is 11.6 Å². The number of para-hydroxylation sites is 1. The molecule has 0 aliphatic rings. The maximum Gasteiger partial charge on any atom is 0.250 e. The van der Waals surface area contributed by atoms with Crippen LogP contribution in [-0.2, 0) is 12.5 Å². The number of benzene rings is 2. The third-order valence-electron chi connectivity index (χ3n) is 5.37. The molecule has 0 aliphatic heterocycles. The van der Waals surface area contributed by atoms with Gasteiger partial charge in [0.25, 0.3) is 0 Å². The predicted octanol–water partition coefficient (Wildman–Crippen LogP) is 7.01. The van der Waals surface area contributed by atoms with Gasteiger partial charge in [-0.2, -0.15) is 0 Å². The van der Waals surface area contributed by atoms with Crippen molar-refractivity contribution >= 4 is 19.9 Å². The zero-order valence-electron chi connectivity index (χ0n) is 16.7. The second kappa shape index (κ2) is 9.47. The van der Waals surface area contributed by atoms with Crippen LogP contribution < -0.4 is 9.16 Å². The summed E-state index contributed by atoms with van der Waals surface area (Å²) < 4.78 is 12.7. The molecule has 0 saturated heterocycles. The average molecular weight is 391 g/mol. The maximum atomic E-state index is 6.53. The zero-order valence-corrected chi connectivity index (χ0v) is 18.5. The molecule has 0 aromatic heterocycles. The highest BCUT2D eigenvalue weighted by atomic mass is 35.5. The molecule has 0 amide bonds. The molecule has 4 heteroatoms. The summed E-state index contributed by atoms with van der Waals surface area (Å²) >= 11 is 6.16. The lowest BCUT2D eigenvalue weighted by atomic mass is 10.1. The lowest BCUT2D eigenvalue weighted by Crippen LogP contribution is -2.39. The van der Waals surface area contributed by atoms with Crippen molar-refractivity contribution in [2.24, 2.45) is 0 Å². The fourth-order valence-electron chi connectivity index (χ4n) is 3.32. The third kappa shape index (κ3) is 4.83. The largest absolute Gasteiger partial charge is 0.543 e. The number of hydrogen-bond donors (Lipinski definition) is 0.